The minimum Gasteiger partial charge on any atom is -0.326 e. The number of carbonyl (C=O) groups is 2. The van der Waals surface area contributed by atoms with Gasteiger partial charge in [0.05, 0.1) is 24.0 Å². The van der Waals surface area contributed by atoms with Crippen molar-refractivity contribution in [2.75, 3.05) is 10.2 Å². The first kappa shape index (κ1) is 18.1. The monoisotopic (exact) mass is 396 g/mol. The molecule has 3 aromatic carbocycles. The normalized spacial score (nSPS) is 15.4. The fourth-order valence-electron chi connectivity index (χ4n) is 3.92. The second-order valence-electron chi connectivity index (χ2n) is 7.31. The van der Waals surface area contributed by atoms with Gasteiger partial charge in [-0.15, -0.1) is 0 Å². The van der Waals surface area contributed by atoms with Crippen LogP contribution in [0, 0.1) is 0 Å². The van der Waals surface area contributed by atoms with E-state index in [2.05, 4.69) is 5.32 Å². The van der Waals surface area contributed by atoms with Crippen molar-refractivity contribution in [1.29, 1.82) is 0 Å². The summed E-state index contributed by atoms with van der Waals surface area (Å²) in [7, 11) is 0. The number of aromatic nitrogens is 2. The van der Waals surface area contributed by atoms with Crippen molar-refractivity contribution >= 4 is 34.5 Å². The lowest BCUT2D eigenvalue weighted by molar-refractivity contribution is -0.124. The van der Waals surface area contributed by atoms with Gasteiger partial charge in [0.2, 0.25) is 11.9 Å². The molecule has 0 fully saturated rings. The maximum absolute atomic E-state index is 13.3. The van der Waals surface area contributed by atoms with E-state index in [0.29, 0.717) is 18.2 Å². The Balaban J connectivity index is 1.48. The van der Waals surface area contributed by atoms with Crippen molar-refractivity contribution in [2.24, 2.45) is 0 Å². The largest absolute Gasteiger partial charge is 0.326 e. The van der Waals surface area contributed by atoms with Crippen molar-refractivity contribution in [2.45, 2.75) is 19.0 Å². The predicted octanol–water partition coefficient (Wildman–Crippen LogP) is 4.15. The van der Waals surface area contributed by atoms with Gasteiger partial charge in [-0.05, 0) is 29.8 Å². The molecule has 0 radical (unpaired) electrons. The van der Waals surface area contributed by atoms with Crippen LogP contribution in [0.1, 0.15) is 18.0 Å². The van der Waals surface area contributed by atoms with E-state index < -0.39 is 6.04 Å². The number of rotatable bonds is 5. The lowest BCUT2D eigenvalue weighted by Gasteiger charge is -2.16. The van der Waals surface area contributed by atoms with Crippen LogP contribution in [0.25, 0.3) is 11.0 Å². The SMILES string of the molecule is O=C(CC1C(=O)N(Cc2ccccc2)c2nc3ccccc3n21)Nc1ccccc1. The zero-order chi connectivity index (χ0) is 20.5. The van der Waals surface area contributed by atoms with E-state index in [0.717, 1.165) is 16.6 Å². The topological polar surface area (TPSA) is 67.2 Å². The summed E-state index contributed by atoms with van der Waals surface area (Å²) in [5.41, 5.74) is 3.39. The predicted molar refractivity (Wildman–Crippen MR) is 116 cm³/mol. The van der Waals surface area contributed by atoms with Crippen LogP contribution in [-0.2, 0) is 16.1 Å². The Kier molecular flexibility index (Phi) is 4.52. The van der Waals surface area contributed by atoms with Gasteiger partial charge >= 0.3 is 0 Å². The summed E-state index contributed by atoms with van der Waals surface area (Å²) in [4.78, 5) is 32.5. The third kappa shape index (κ3) is 3.22. The Hall–Kier alpha value is -3.93. The van der Waals surface area contributed by atoms with Crippen LogP contribution in [0.3, 0.4) is 0 Å². The molecule has 5 rings (SSSR count). The van der Waals surface area contributed by atoms with Crippen molar-refractivity contribution in [3.05, 3.63) is 90.5 Å². The molecule has 4 aromatic rings. The van der Waals surface area contributed by atoms with E-state index in [9.17, 15) is 9.59 Å². The van der Waals surface area contributed by atoms with Crippen LogP contribution in [0.2, 0.25) is 0 Å². The summed E-state index contributed by atoms with van der Waals surface area (Å²) in [6, 6.07) is 26.1. The van der Waals surface area contributed by atoms with Crippen molar-refractivity contribution in [3.8, 4) is 0 Å². The van der Waals surface area contributed by atoms with Gasteiger partial charge in [0.25, 0.3) is 5.91 Å². The molecule has 30 heavy (non-hydrogen) atoms. The van der Waals surface area contributed by atoms with Crippen molar-refractivity contribution < 1.29 is 9.59 Å². The Morgan fingerprint density at radius 3 is 2.33 bits per heavy atom. The van der Waals surface area contributed by atoms with Gasteiger partial charge in [-0.3, -0.25) is 19.1 Å². The number of anilines is 2. The molecule has 1 aliphatic rings. The summed E-state index contributed by atoms with van der Waals surface area (Å²) in [5.74, 6) is 0.266. The summed E-state index contributed by atoms with van der Waals surface area (Å²) in [6.07, 6.45) is 0.0480. The highest BCUT2D eigenvalue weighted by Gasteiger charge is 2.40. The molecule has 6 heteroatoms. The van der Waals surface area contributed by atoms with E-state index in [4.69, 9.17) is 4.98 Å². The Labute approximate surface area is 173 Å². The van der Waals surface area contributed by atoms with Crippen molar-refractivity contribution in [1.82, 2.24) is 9.55 Å². The van der Waals surface area contributed by atoms with Crippen LogP contribution in [0.15, 0.2) is 84.9 Å². The van der Waals surface area contributed by atoms with Crippen LogP contribution >= 0.6 is 0 Å². The number of hydrogen-bond donors (Lipinski definition) is 1. The van der Waals surface area contributed by atoms with Gasteiger partial charge < -0.3 is 5.32 Å². The van der Waals surface area contributed by atoms with Crippen LogP contribution in [0.4, 0.5) is 11.6 Å². The minimum absolute atomic E-state index is 0.0480. The van der Waals surface area contributed by atoms with Gasteiger partial charge in [-0.1, -0.05) is 60.7 Å². The molecule has 1 aliphatic heterocycles. The fourth-order valence-corrected chi connectivity index (χ4v) is 3.92. The highest BCUT2D eigenvalue weighted by molar-refractivity contribution is 6.05. The number of para-hydroxylation sites is 3. The molecule has 1 N–H and O–H groups in total. The molecule has 2 amide bonds. The second kappa shape index (κ2) is 7.48. The molecule has 2 heterocycles. The Bertz CT molecular complexity index is 1220. The van der Waals surface area contributed by atoms with Gasteiger partial charge in [-0.25, -0.2) is 4.98 Å². The number of carbonyl (C=O) groups excluding carboxylic acids is 2. The number of benzene rings is 3. The van der Waals surface area contributed by atoms with E-state index >= 15 is 0 Å². The average molecular weight is 396 g/mol. The summed E-state index contributed by atoms with van der Waals surface area (Å²) >= 11 is 0. The average Bonchev–Trinajstić information content (AvgIpc) is 3.26. The molecule has 6 nitrogen and oxygen atoms in total. The number of nitrogens with zero attached hydrogens (tertiary/aromatic N) is 3. The number of hydrogen-bond acceptors (Lipinski definition) is 3. The number of amides is 2. The third-order valence-electron chi connectivity index (χ3n) is 5.30. The molecule has 0 saturated carbocycles. The quantitative estimate of drug-likeness (QED) is 0.551. The molecule has 1 aromatic heterocycles. The maximum Gasteiger partial charge on any atom is 0.253 e. The zero-order valence-corrected chi connectivity index (χ0v) is 16.2. The standard InChI is InChI=1S/C24H20N4O2/c29-22(25-18-11-5-2-6-12-18)15-21-23(30)27(16-17-9-3-1-4-10-17)24-26-19-13-7-8-14-20(19)28(21)24/h1-14,21H,15-16H2,(H,25,29). The fraction of sp³-hybridized carbons (Fsp3) is 0.125. The molecule has 0 spiro atoms. The molecule has 0 bridgehead atoms. The Morgan fingerprint density at radius 1 is 0.900 bits per heavy atom. The molecule has 0 saturated heterocycles. The molecule has 148 valence electrons. The number of nitrogens with one attached hydrogen (secondary N) is 1. The van der Waals surface area contributed by atoms with Gasteiger partial charge in [-0.2, -0.15) is 0 Å². The molecule has 1 unspecified atom stereocenters. The maximum atomic E-state index is 13.3. The van der Waals surface area contributed by atoms with E-state index in [1.165, 1.54) is 0 Å². The summed E-state index contributed by atoms with van der Waals surface area (Å²) < 4.78 is 1.89. The van der Waals surface area contributed by atoms with E-state index in [-0.39, 0.29) is 18.2 Å². The zero-order valence-electron chi connectivity index (χ0n) is 16.2. The van der Waals surface area contributed by atoms with Crippen LogP contribution in [0.5, 0.6) is 0 Å². The van der Waals surface area contributed by atoms with E-state index in [1.54, 1.807) is 4.90 Å². The first-order chi connectivity index (χ1) is 14.7. The highest BCUT2D eigenvalue weighted by Crippen LogP contribution is 2.37. The summed E-state index contributed by atoms with van der Waals surface area (Å²) in [6.45, 7) is 0.416. The van der Waals surface area contributed by atoms with Gasteiger partial charge in [0.1, 0.15) is 6.04 Å². The minimum atomic E-state index is -0.625. The molecule has 0 aliphatic carbocycles. The van der Waals surface area contributed by atoms with E-state index in [1.807, 2.05) is 89.5 Å². The molecular weight excluding hydrogens is 376 g/mol. The van der Waals surface area contributed by atoms with Crippen LogP contribution < -0.4 is 10.2 Å². The lowest BCUT2D eigenvalue weighted by atomic mass is 10.1. The molecule has 1 atom stereocenters. The first-order valence-electron chi connectivity index (χ1n) is 9.88. The van der Waals surface area contributed by atoms with Crippen LogP contribution in [-0.4, -0.2) is 21.4 Å². The highest BCUT2D eigenvalue weighted by atomic mass is 16.2. The number of fused-ring (bicyclic) bond motifs is 3. The third-order valence-corrected chi connectivity index (χ3v) is 5.30. The number of imidazole rings is 1. The van der Waals surface area contributed by atoms with Crippen molar-refractivity contribution in [3.63, 3.8) is 0 Å². The molecular formula is C24H20N4O2. The van der Waals surface area contributed by atoms with Gasteiger partial charge in [0.15, 0.2) is 0 Å². The summed E-state index contributed by atoms with van der Waals surface area (Å²) in [5, 5.41) is 2.88. The second-order valence-corrected chi connectivity index (χ2v) is 7.31. The lowest BCUT2D eigenvalue weighted by Crippen LogP contribution is -2.31. The smallest absolute Gasteiger partial charge is 0.253 e. The Morgan fingerprint density at radius 2 is 1.57 bits per heavy atom. The van der Waals surface area contributed by atoms with Gasteiger partial charge in [0, 0.05) is 5.69 Å². The first-order valence-corrected chi connectivity index (χ1v) is 9.88.